The van der Waals surface area contributed by atoms with Crippen LogP contribution in [-0.2, 0) is 4.79 Å². The molecule has 1 aromatic carbocycles. The van der Waals surface area contributed by atoms with E-state index >= 15 is 0 Å². The summed E-state index contributed by atoms with van der Waals surface area (Å²) in [6.07, 6.45) is 1.58. The first-order valence-electron chi connectivity index (χ1n) is 6.97. The van der Waals surface area contributed by atoms with Crippen molar-refractivity contribution in [2.45, 2.75) is 19.4 Å². The lowest BCUT2D eigenvalue weighted by molar-refractivity contribution is -0.129. The van der Waals surface area contributed by atoms with Crippen molar-refractivity contribution in [3.05, 3.63) is 46.2 Å². The zero-order chi connectivity index (χ0) is 16.4. The average molecular weight is 329 g/mol. The molecule has 0 atom stereocenters. The van der Waals surface area contributed by atoms with Gasteiger partial charge in [-0.3, -0.25) is 9.59 Å². The van der Waals surface area contributed by atoms with Gasteiger partial charge >= 0.3 is 0 Å². The van der Waals surface area contributed by atoms with Crippen molar-refractivity contribution in [3.8, 4) is 5.75 Å². The van der Waals surface area contributed by atoms with Gasteiger partial charge in [-0.05, 0) is 43.5 Å². The molecule has 0 spiro atoms. The van der Waals surface area contributed by atoms with Gasteiger partial charge in [-0.15, -0.1) is 11.3 Å². The molecule has 1 aliphatic heterocycles. The summed E-state index contributed by atoms with van der Waals surface area (Å²) in [5.74, 6) is -0.0776. The number of hydrogen-bond donors (Lipinski definition) is 2. The molecular formula is C16H15N3O3S. The van der Waals surface area contributed by atoms with Crippen molar-refractivity contribution >= 4 is 35.1 Å². The molecule has 23 heavy (non-hydrogen) atoms. The van der Waals surface area contributed by atoms with Crippen LogP contribution in [0.3, 0.4) is 0 Å². The SMILES string of the molecule is CC1(C)Oc2ccc(C(=O)N/N=C\c3cccs3)cc2NC1=O. The van der Waals surface area contributed by atoms with Crippen LogP contribution in [0.25, 0.3) is 0 Å². The van der Waals surface area contributed by atoms with Gasteiger partial charge < -0.3 is 10.1 Å². The van der Waals surface area contributed by atoms with Crippen LogP contribution < -0.4 is 15.5 Å². The number of fused-ring (bicyclic) bond motifs is 1. The Hall–Kier alpha value is -2.67. The van der Waals surface area contributed by atoms with E-state index in [9.17, 15) is 9.59 Å². The third-order valence-electron chi connectivity index (χ3n) is 3.30. The highest BCUT2D eigenvalue weighted by atomic mass is 32.1. The first-order valence-corrected chi connectivity index (χ1v) is 7.85. The van der Waals surface area contributed by atoms with Crippen LogP contribution >= 0.6 is 11.3 Å². The molecular weight excluding hydrogens is 314 g/mol. The third kappa shape index (κ3) is 3.24. The molecule has 1 aliphatic rings. The number of carbonyl (C=O) groups is 2. The van der Waals surface area contributed by atoms with Crippen LogP contribution in [0.2, 0.25) is 0 Å². The Morgan fingerprint density at radius 2 is 2.22 bits per heavy atom. The van der Waals surface area contributed by atoms with E-state index in [2.05, 4.69) is 15.8 Å². The van der Waals surface area contributed by atoms with E-state index in [4.69, 9.17) is 4.74 Å². The molecule has 2 N–H and O–H groups in total. The fraction of sp³-hybridized carbons (Fsp3) is 0.188. The van der Waals surface area contributed by atoms with E-state index in [1.165, 1.54) is 11.3 Å². The number of ether oxygens (including phenoxy) is 1. The van der Waals surface area contributed by atoms with E-state index < -0.39 is 5.60 Å². The number of nitrogens with one attached hydrogen (secondary N) is 2. The highest BCUT2D eigenvalue weighted by Crippen LogP contribution is 2.34. The van der Waals surface area contributed by atoms with Gasteiger partial charge in [0.2, 0.25) is 0 Å². The number of carbonyl (C=O) groups excluding carboxylic acids is 2. The van der Waals surface area contributed by atoms with E-state index in [-0.39, 0.29) is 11.8 Å². The Kier molecular flexibility index (Phi) is 3.87. The highest BCUT2D eigenvalue weighted by Gasteiger charge is 2.35. The van der Waals surface area contributed by atoms with Gasteiger partial charge in [-0.25, -0.2) is 5.43 Å². The maximum Gasteiger partial charge on any atom is 0.271 e. The smallest absolute Gasteiger partial charge is 0.271 e. The Morgan fingerprint density at radius 1 is 1.39 bits per heavy atom. The Balaban J connectivity index is 1.73. The lowest BCUT2D eigenvalue weighted by atomic mass is 10.0. The molecule has 2 heterocycles. The van der Waals surface area contributed by atoms with Gasteiger partial charge in [0.05, 0.1) is 11.9 Å². The molecule has 0 bridgehead atoms. The minimum absolute atomic E-state index is 0.252. The molecule has 0 unspecified atom stereocenters. The number of benzene rings is 1. The summed E-state index contributed by atoms with van der Waals surface area (Å²) < 4.78 is 5.62. The Labute approximate surface area is 137 Å². The standard InChI is InChI=1S/C16H15N3O3S/c1-16(2)15(21)18-12-8-10(5-6-13(12)22-16)14(20)19-17-9-11-4-3-7-23-11/h3-9H,1-2H3,(H,18,21)(H,19,20)/b17-9-. The Morgan fingerprint density at radius 3 is 2.96 bits per heavy atom. The maximum absolute atomic E-state index is 12.1. The molecule has 2 aromatic rings. The second-order valence-electron chi connectivity index (χ2n) is 5.49. The normalized spacial score (nSPS) is 15.7. The van der Waals surface area contributed by atoms with E-state index in [1.807, 2.05) is 17.5 Å². The summed E-state index contributed by atoms with van der Waals surface area (Å²) >= 11 is 1.52. The summed E-state index contributed by atoms with van der Waals surface area (Å²) in [6.45, 7) is 3.37. The summed E-state index contributed by atoms with van der Waals surface area (Å²) in [5, 5.41) is 8.58. The molecule has 0 aliphatic carbocycles. The molecule has 1 aromatic heterocycles. The number of rotatable bonds is 3. The molecule has 3 rings (SSSR count). The molecule has 0 saturated carbocycles. The van der Waals surface area contributed by atoms with Crippen LogP contribution in [0.4, 0.5) is 5.69 Å². The van der Waals surface area contributed by atoms with Gasteiger partial charge in [0.1, 0.15) is 5.75 Å². The fourth-order valence-corrected chi connectivity index (χ4v) is 2.62. The first kappa shape index (κ1) is 15.2. The van der Waals surface area contributed by atoms with Gasteiger partial charge in [0.25, 0.3) is 11.8 Å². The van der Waals surface area contributed by atoms with Gasteiger partial charge in [-0.2, -0.15) is 5.10 Å². The topological polar surface area (TPSA) is 79.8 Å². The lowest BCUT2D eigenvalue weighted by Gasteiger charge is -2.31. The van der Waals surface area contributed by atoms with Crippen LogP contribution in [0.15, 0.2) is 40.8 Å². The second-order valence-corrected chi connectivity index (χ2v) is 6.47. The third-order valence-corrected chi connectivity index (χ3v) is 4.11. The largest absolute Gasteiger partial charge is 0.476 e. The van der Waals surface area contributed by atoms with E-state index in [0.29, 0.717) is 17.0 Å². The number of amides is 2. The fourth-order valence-electron chi connectivity index (χ4n) is 2.04. The molecule has 6 nitrogen and oxygen atoms in total. The van der Waals surface area contributed by atoms with Gasteiger partial charge in [0, 0.05) is 10.4 Å². The second kappa shape index (κ2) is 5.85. The highest BCUT2D eigenvalue weighted by molar-refractivity contribution is 7.11. The van der Waals surface area contributed by atoms with Crippen molar-refractivity contribution in [1.29, 1.82) is 0 Å². The predicted molar refractivity (Wildman–Crippen MR) is 89.2 cm³/mol. The molecule has 2 amide bonds. The average Bonchev–Trinajstić information content (AvgIpc) is 3.01. The summed E-state index contributed by atoms with van der Waals surface area (Å²) in [7, 11) is 0. The molecule has 7 heteroatoms. The number of hydrazone groups is 1. The first-order chi connectivity index (χ1) is 11.0. The predicted octanol–water partition coefficient (Wildman–Crippen LogP) is 2.62. The number of thiophene rings is 1. The zero-order valence-electron chi connectivity index (χ0n) is 12.6. The van der Waals surface area contributed by atoms with Crippen LogP contribution in [0.1, 0.15) is 29.1 Å². The monoisotopic (exact) mass is 329 g/mol. The number of nitrogens with zero attached hydrogens (tertiary/aromatic N) is 1. The molecule has 0 radical (unpaired) electrons. The lowest BCUT2D eigenvalue weighted by Crippen LogP contribution is -2.45. The molecule has 0 saturated heterocycles. The van der Waals surface area contributed by atoms with Crippen LogP contribution in [0, 0.1) is 0 Å². The number of anilines is 1. The van der Waals surface area contributed by atoms with Crippen LogP contribution in [0.5, 0.6) is 5.75 Å². The van der Waals surface area contributed by atoms with Crippen molar-refractivity contribution < 1.29 is 14.3 Å². The maximum atomic E-state index is 12.1. The summed E-state index contributed by atoms with van der Waals surface area (Å²) in [6, 6.07) is 8.66. The minimum Gasteiger partial charge on any atom is -0.476 e. The van der Waals surface area contributed by atoms with Gasteiger partial charge in [-0.1, -0.05) is 6.07 Å². The van der Waals surface area contributed by atoms with Crippen molar-refractivity contribution in [3.63, 3.8) is 0 Å². The zero-order valence-corrected chi connectivity index (χ0v) is 13.4. The van der Waals surface area contributed by atoms with E-state index in [1.54, 1.807) is 38.3 Å². The Bertz CT molecular complexity index is 782. The number of hydrogen-bond acceptors (Lipinski definition) is 5. The minimum atomic E-state index is -0.929. The molecule has 0 fully saturated rings. The summed E-state index contributed by atoms with van der Waals surface area (Å²) in [5.41, 5.74) is 2.39. The summed E-state index contributed by atoms with van der Waals surface area (Å²) in [4.78, 5) is 24.9. The van der Waals surface area contributed by atoms with Crippen molar-refractivity contribution in [1.82, 2.24) is 5.43 Å². The van der Waals surface area contributed by atoms with Crippen molar-refractivity contribution in [2.75, 3.05) is 5.32 Å². The van der Waals surface area contributed by atoms with Gasteiger partial charge in [0.15, 0.2) is 5.60 Å². The van der Waals surface area contributed by atoms with Crippen LogP contribution in [-0.4, -0.2) is 23.6 Å². The quantitative estimate of drug-likeness (QED) is 0.671. The van der Waals surface area contributed by atoms with E-state index in [0.717, 1.165) is 4.88 Å². The molecule has 118 valence electrons. The van der Waals surface area contributed by atoms with Crippen molar-refractivity contribution in [2.24, 2.45) is 5.10 Å².